The average Bonchev–Trinajstić information content (AvgIpc) is 2.16. The van der Waals surface area contributed by atoms with Gasteiger partial charge in [-0.15, -0.1) is 0 Å². The summed E-state index contributed by atoms with van der Waals surface area (Å²) in [7, 11) is 1.41. The number of ether oxygens (including phenoxy) is 2. The van der Waals surface area contributed by atoms with Crippen molar-refractivity contribution >= 4 is 6.29 Å². The summed E-state index contributed by atoms with van der Waals surface area (Å²) in [6.07, 6.45) is 0.614. The Morgan fingerprint density at radius 1 is 1.46 bits per heavy atom. The number of hydrogen-bond donors (Lipinski definition) is 0. The van der Waals surface area contributed by atoms with Gasteiger partial charge in [-0.25, -0.2) is 4.39 Å². The maximum atomic E-state index is 12.7. The van der Waals surface area contributed by atoms with Gasteiger partial charge in [-0.2, -0.15) is 0 Å². The Bertz CT molecular complexity index is 299. The van der Waals surface area contributed by atoms with E-state index in [1.165, 1.54) is 25.3 Å². The van der Waals surface area contributed by atoms with Crippen molar-refractivity contribution in [1.82, 2.24) is 0 Å². The third-order valence-electron chi connectivity index (χ3n) is 1.43. The fourth-order valence-electron chi connectivity index (χ4n) is 0.884. The van der Waals surface area contributed by atoms with Gasteiger partial charge in [0.2, 0.25) is 0 Å². The number of benzene rings is 1. The van der Waals surface area contributed by atoms with Crippen LogP contribution in [-0.2, 0) is 4.79 Å². The lowest BCUT2D eigenvalue weighted by atomic mass is 10.3. The van der Waals surface area contributed by atoms with Gasteiger partial charge in [-0.05, 0) is 12.1 Å². The Hall–Kier alpha value is -1.58. The van der Waals surface area contributed by atoms with Crippen molar-refractivity contribution in [2.45, 2.75) is 0 Å². The van der Waals surface area contributed by atoms with Crippen molar-refractivity contribution < 1.29 is 18.7 Å². The summed E-state index contributed by atoms with van der Waals surface area (Å²) < 4.78 is 22.5. The summed E-state index contributed by atoms with van der Waals surface area (Å²) in [5.74, 6) is 0.230. The van der Waals surface area contributed by atoms with Crippen LogP contribution in [0.3, 0.4) is 0 Å². The van der Waals surface area contributed by atoms with Crippen molar-refractivity contribution in [3.63, 3.8) is 0 Å². The SMILES string of the molecule is COc1cc(F)ccc1OCC=O. The van der Waals surface area contributed by atoms with Crippen molar-refractivity contribution in [3.8, 4) is 11.5 Å². The van der Waals surface area contributed by atoms with E-state index >= 15 is 0 Å². The molecule has 0 aliphatic carbocycles. The molecular formula is C9H9FO3. The monoisotopic (exact) mass is 184 g/mol. The lowest BCUT2D eigenvalue weighted by Crippen LogP contribution is -1.99. The average molecular weight is 184 g/mol. The fraction of sp³-hybridized carbons (Fsp3) is 0.222. The first-order valence-electron chi connectivity index (χ1n) is 3.68. The lowest BCUT2D eigenvalue weighted by molar-refractivity contribution is -0.109. The van der Waals surface area contributed by atoms with Crippen molar-refractivity contribution in [3.05, 3.63) is 24.0 Å². The molecule has 0 aliphatic heterocycles. The second kappa shape index (κ2) is 4.45. The minimum atomic E-state index is -0.407. The van der Waals surface area contributed by atoms with E-state index in [0.717, 1.165) is 0 Å². The topological polar surface area (TPSA) is 35.5 Å². The third-order valence-corrected chi connectivity index (χ3v) is 1.43. The molecule has 70 valence electrons. The fourth-order valence-corrected chi connectivity index (χ4v) is 0.884. The van der Waals surface area contributed by atoms with Crippen molar-refractivity contribution in [2.75, 3.05) is 13.7 Å². The molecule has 0 radical (unpaired) electrons. The van der Waals surface area contributed by atoms with Gasteiger partial charge < -0.3 is 9.47 Å². The zero-order valence-corrected chi connectivity index (χ0v) is 7.12. The first-order valence-corrected chi connectivity index (χ1v) is 3.68. The van der Waals surface area contributed by atoms with E-state index in [1.807, 2.05) is 0 Å². The van der Waals surface area contributed by atoms with Crippen LogP contribution in [-0.4, -0.2) is 20.0 Å². The van der Waals surface area contributed by atoms with Crippen LogP contribution >= 0.6 is 0 Å². The van der Waals surface area contributed by atoms with Gasteiger partial charge in [0.05, 0.1) is 7.11 Å². The molecule has 1 rings (SSSR count). The van der Waals surface area contributed by atoms with Gasteiger partial charge in [0.15, 0.2) is 17.8 Å². The Morgan fingerprint density at radius 2 is 2.23 bits per heavy atom. The van der Waals surface area contributed by atoms with E-state index < -0.39 is 5.82 Å². The van der Waals surface area contributed by atoms with Gasteiger partial charge in [-0.3, -0.25) is 4.79 Å². The molecule has 3 nitrogen and oxygen atoms in total. The highest BCUT2D eigenvalue weighted by atomic mass is 19.1. The molecule has 1 aromatic carbocycles. The van der Waals surface area contributed by atoms with Gasteiger partial charge in [0.25, 0.3) is 0 Å². The summed E-state index contributed by atoms with van der Waals surface area (Å²) in [6, 6.07) is 3.85. The summed E-state index contributed by atoms with van der Waals surface area (Å²) in [6.45, 7) is -0.0675. The summed E-state index contributed by atoms with van der Waals surface area (Å²) >= 11 is 0. The van der Waals surface area contributed by atoms with Gasteiger partial charge in [0, 0.05) is 6.07 Å². The molecular weight excluding hydrogens is 175 g/mol. The number of halogens is 1. The highest BCUT2D eigenvalue weighted by Crippen LogP contribution is 2.26. The highest BCUT2D eigenvalue weighted by molar-refractivity contribution is 5.52. The van der Waals surface area contributed by atoms with Crippen LogP contribution in [0.4, 0.5) is 4.39 Å². The minimum Gasteiger partial charge on any atom is -0.493 e. The smallest absolute Gasteiger partial charge is 0.163 e. The molecule has 0 spiro atoms. The molecule has 4 heteroatoms. The van der Waals surface area contributed by atoms with Crippen LogP contribution in [0.15, 0.2) is 18.2 Å². The van der Waals surface area contributed by atoms with Gasteiger partial charge >= 0.3 is 0 Å². The van der Waals surface area contributed by atoms with E-state index in [0.29, 0.717) is 12.0 Å². The zero-order valence-electron chi connectivity index (χ0n) is 7.12. The quantitative estimate of drug-likeness (QED) is 0.664. The molecule has 0 bridgehead atoms. The zero-order chi connectivity index (χ0) is 9.68. The second-order valence-electron chi connectivity index (χ2n) is 2.27. The normalized spacial score (nSPS) is 9.38. The Kier molecular flexibility index (Phi) is 3.25. The predicted octanol–water partition coefficient (Wildman–Crippen LogP) is 1.41. The first kappa shape index (κ1) is 9.51. The van der Waals surface area contributed by atoms with E-state index in [4.69, 9.17) is 9.47 Å². The van der Waals surface area contributed by atoms with E-state index in [2.05, 4.69) is 0 Å². The standard InChI is InChI=1S/C9H9FO3/c1-12-9-6-7(10)2-3-8(9)13-5-4-11/h2-4,6H,5H2,1H3. The minimum absolute atomic E-state index is 0.0675. The molecule has 0 atom stereocenters. The first-order chi connectivity index (χ1) is 6.27. The maximum Gasteiger partial charge on any atom is 0.163 e. The molecule has 0 N–H and O–H groups in total. The lowest BCUT2D eigenvalue weighted by Gasteiger charge is -2.07. The van der Waals surface area contributed by atoms with E-state index in [1.54, 1.807) is 0 Å². The molecule has 0 heterocycles. The third kappa shape index (κ3) is 2.43. The number of aldehydes is 1. The van der Waals surface area contributed by atoms with Crippen LogP contribution < -0.4 is 9.47 Å². The van der Waals surface area contributed by atoms with E-state index in [-0.39, 0.29) is 12.4 Å². The number of rotatable bonds is 4. The van der Waals surface area contributed by atoms with Crippen LogP contribution in [0.25, 0.3) is 0 Å². The Labute approximate surface area is 75.1 Å². The highest BCUT2D eigenvalue weighted by Gasteiger charge is 2.04. The molecule has 13 heavy (non-hydrogen) atoms. The summed E-state index contributed by atoms with van der Waals surface area (Å²) in [5.41, 5.74) is 0. The van der Waals surface area contributed by atoms with Crippen LogP contribution in [0, 0.1) is 5.82 Å². The number of carbonyl (C=O) groups is 1. The number of carbonyl (C=O) groups excluding carboxylic acids is 1. The predicted molar refractivity (Wildman–Crippen MR) is 44.5 cm³/mol. The molecule has 0 fully saturated rings. The number of methoxy groups -OCH3 is 1. The van der Waals surface area contributed by atoms with Crippen LogP contribution in [0.1, 0.15) is 0 Å². The Morgan fingerprint density at radius 3 is 2.85 bits per heavy atom. The molecule has 0 unspecified atom stereocenters. The summed E-state index contributed by atoms with van der Waals surface area (Å²) in [5, 5.41) is 0. The van der Waals surface area contributed by atoms with Crippen LogP contribution in [0.5, 0.6) is 11.5 Å². The molecule has 0 saturated heterocycles. The van der Waals surface area contributed by atoms with Crippen molar-refractivity contribution in [1.29, 1.82) is 0 Å². The molecule has 0 amide bonds. The molecule has 0 aromatic heterocycles. The van der Waals surface area contributed by atoms with Crippen LogP contribution in [0.2, 0.25) is 0 Å². The Balaban J connectivity index is 2.85. The maximum absolute atomic E-state index is 12.7. The second-order valence-corrected chi connectivity index (χ2v) is 2.27. The number of hydrogen-bond acceptors (Lipinski definition) is 3. The van der Waals surface area contributed by atoms with Gasteiger partial charge in [0.1, 0.15) is 12.4 Å². The van der Waals surface area contributed by atoms with Gasteiger partial charge in [-0.1, -0.05) is 0 Å². The summed E-state index contributed by atoms with van der Waals surface area (Å²) in [4.78, 5) is 10.0. The largest absolute Gasteiger partial charge is 0.493 e. The molecule has 0 saturated carbocycles. The molecule has 0 aliphatic rings. The van der Waals surface area contributed by atoms with E-state index in [9.17, 15) is 9.18 Å². The molecule has 1 aromatic rings. The van der Waals surface area contributed by atoms with Crippen molar-refractivity contribution in [2.24, 2.45) is 0 Å².